The molecule has 0 aromatic heterocycles. The Balaban J connectivity index is 2.05. The normalized spacial score (nSPS) is 10.5. The van der Waals surface area contributed by atoms with E-state index in [1.165, 1.54) is 0 Å². The summed E-state index contributed by atoms with van der Waals surface area (Å²) in [5.41, 5.74) is 3.85. The van der Waals surface area contributed by atoms with E-state index in [0.717, 1.165) is 14.5 Å². The summed E-state index contributed by atoms with van der Waals surface area (Å²) < 4.78 is 7.11. The summed E-state index contributed by atoms with van der Waals surface area (Å²) in [7, 11) is 0. The summed E-state index contributed by atoms with van der Waals surface area (Å²) in [6.45, 7) is 4.03. The fourth-order valence-electron chi connectivity index (χ4n) is 1.75. The summed E-state index contributed by atoms with van der Waals surface area (Å²) in [6.07, 6.45) is 3.24. The number of halogens is 2. The maximum absolute atomic E-state index is 11.9. The van der Waals surface area contributed by atoms with Gasteiger partial charge in [-0.3, -0.25) is 4.79 Å². The molecule has 4 nitrogen and oxygen atoms in total. The summed E-state index contributed by atoms with van der Waals surface area (Å²) in [5, 5.41) is 3.97. The molecule has 2 rings (SSSR count). The SMILES string of the molecule is C=CCOc1c(Br)cc(/C=N\NC(=O)c2ccccc2)cc1Br. The standard InChI is InChI=1S/C17H14Br2N2O2/c1-2-8-23-16-14(18)9-12(10-15(16)19)11-20-21-17(22)13-6-4-3-5-7-13/h2-7,9-11H,1,8H2,(H,21,22)/b20-11-. The Hall–Kier alpha value is -1.92. The van der Waals surface area contributed by atoms with E-state index in [-0.39, 0.29) is 5.91 Å². The molecule has 0 aliphatic rings. The van der Waals surface area contributed by atoms with Crippen LogP contribution >= 0.6 is 31.9 Å². The third-order valence-corrected chi connectivity index (χ3v) is 3.96. The molecule has 0 aliphatic heterocycles. The predicted octanol–water partition coefficient (Wildman–Crippen LogP) is 4.54. The topological polar surface area (TPSA) is 50.7 Å². The maximum Gasteiger partial charge on any atom is 0.271 e. The van der Waals surface area contributed by atoms with Gasteiger partial charge in [-0.25, -0.2) is 5.43 Å². The van der Waals surface area contributed by atoms with E-state index in [1.54, 1.807) is 36.6 Å². The summed E-state index contributed by atoms with van der Waals surface area (Å²) in [5.74, 6) is 0.432. The van der Waals surface area contributed by atoms with Crippen LogP contribution in [0.15, 0.2) is 69.2 Å². The molecule has 2 aromatic rings. The number of amides is 1. The van der Waals surface area contributed by atoms with Crippen LogP contribution in [-0.2, 0) is 0 Å². The van der Waals surface area contributed by atoms with Crippen LogP contribution in [-0.4, -0.2) is 18.7 Å². The first-order valence-corrected chi connectivity index (χ1v) is 8.31. The summed E-state index contributed by atoms with van der Waals surface area (Å²) >= 11 is 6.89. The number of nitrogens with zero attached hydrogens (tertiary/aromatic N) is 1. The molecule has 0 heterocycles. The molecule has 6 heteroatoms. The highest BCUT2D eigenvalue weighted by Gasteiger charge is 2.08. The second-order valence-electron chi connectivity index (χ2n) is 4.48. The maximum atomic E-state index is 11.9. The van der Waals surface area contributed by atoms with Gasteiger partial charge in [0.25, 0.3) is 5.91 Å². The number of benzene rings is 2. The van der Waals surface area contributed by atoms with Gasteiger partial charge in [0, 0.05) is 5.56 Å². The smallest absolute Gasteiger partial charge is 0.271 e. The van der Waals surface area contributed by atoms with Gasteiger partial charge in [-0.15, -0.1) is 0 Å². The zero-order chi connectivity index (χ0) is 16.7. The monoisotopic (exact) mass is 436 g/mol. The minimum Gasteiger partial charge on any atom is -0.487 e. The molecular formula is C17H14Br2N2O2. The lowest BCUT2D eigenvalue weighted by Gasteiger charge is -2.09. The lowest BCUT2D eigenvalue weighted by molar-refractivity contribution is 0.0955. The zero-order valence-corrected chi connectivity index (χ0v) is 15.3. The van der Waals surface area contributed by atoms with Crippen molar-refractivity contribution in [2.75, 3.05) is 6.61 Å². The average molecular weight is 438 g/mol. The van der Waals surface area contributed by atoms with Crippen LogP contribution in [0.1, 0.15) is 15.9 Å². The van der Waals surface area contributed by atoms with Crippen molar-refractivity contribution in [2.24, 2.45) is 5.10 Å². The van der Waals surface area contributed by atoms with E-state index in [0.29, 0.717) is 17.9 Å². The summed E-state index contributed by atoms with van der Waals surface area (Å²) in [4.78, 5) is 11.9. The molecule has 0 unspecified atom stereocenters. The largest absolute Gasteiger partial charge is 0.487 e. The van der Waals surface area contributed by atoms with Crippen molar-refractivity contribution < 1.29 is 9.53 Å². The Labute approximate surface area is 151 Å². The Kier molecular flexibility index (Phi) is 6.55. The van der Waals surface area contributed by atoms with E-state index in [9.17, 15) is 4.79 Å². The van der Waals surface area contributed by atoms with E-state index in [2.05, 4.69) is 49.0 Å². The van der Waals surface area contributed by atoms with Crippen LogP contribution in [0.5, 0.6) is 5.75 Å². The number of ether oxygens (including phenoxy) is 1. The van der Waals surface area contributed by atoms with E-state index in [1.807, 2.05) is 18.2 Å². The second-order valence-corrected chi connectivity index (χ2v) is 6.19. The van der Waals surface area contributed by atoms with Gasteiger partial charge in [0.2, 0.25) is 0 Å². The van der Waals surface area contributed by atoms with Crippen LogP contribution in [0.4, 0.5) is 0 Å². The minimum atomic E-state index is -0.258. The van der Waals surface area contributed by atoms with Crippen LogP contribution < -0.4 is 10.2 Å². The molecule has 2 aromatic carbocycles. The molecule has 0 fully saturated rings. The molecule has 0 atom stereocenters. The van der Waals surface area contributed by atoms with E-state index < -0.39 is 0 Å². The molecule has 0 bridgehead atoms. The van der Waals surface area contributed by atoms with Gasteiger partial charge in [-0.1, -0.05) is 30.9 Å². The van der Waals surface area contributed by atoms with Crippen molar-refractivity contribution in [1.29, 1.82) is 0 Å². The fourth-order valence-corrected chi connectivity index (χ4v) is 3.20. The molecule has 23 heavy (non-hydrogen) atoms. The van der Waals surface area contributed by atoms with Gasteiger partial charge >= 0.3 is 0 Å². The van der Waals surface area contributed by atoms with Crippen molar-refractivity contribution in [2.45, 2.75) is 0 Å². The number of carbonyl (C=O) groups excluding carboxylic acids is 1. The van der Waals surface area contributed by atoms with E-state index >= 15 is 0 Å². The number of hydrogen-bond donors (Lipinski definition) is 1. The Morgan fingerprint density at radius 2 is 1.87 bits per heavy atom. The predicted molar refractivity (Wildman–Crippen MR) is 99.0 cm³/mol. The number of carbonyl (C=O) groups is 1. The van der Waals surface area contributed by atoms with Crippen LogP contribution in [0.3, 0.4) is 0 Å². The minimum absolute atomic E-state index is 0.258. The van der Waals surface area contributed by atoms with Crippen molar-refractivity contribution >= 4 is 44.0 Å². The third-order valence-electron chi connectivity index (χ3n) is 2.78. The molecule has 1 N–H and O–H groups in total. The highest BCUT2D eigenvalue weighted by atomic mass is 79.9. The summed E-state index contributed by atoms with van der Waals surface area (Å²) in [6, 6.07) is 12.6. The van der Waals surface area contributed by atoms with Crippen molar-refractivity contribution in [1.82, 2.24) is 5.43 Å². The fraction of sp³-hybridized carbons (Fsp3) is 0.0588. The van der Waals surface area contributed by atoms with Gasteiger partial charge in [0.15, 0.2) is 0 Å². The molecule has 0 saturated heterocycles. The van der Waals surface area contributed by atoms with Gasteiger partial charge in [0.05, 0.1) is 15.2 Å². The Morgan fingerprint density at radius 3 is 2.48 bits per heavy atom. The first-order valence-electron chi connectivity index (χ1n) is 6.73. The zero-order valence-electron chi connectivity index (χ0n) is 12.1. The van der Waals surface area contributed by atoms with E-state index in [4.69, 9.17) is 4.74 Å². The first kappa shape index (κ1) is 17.4. The van der Waals surface area contributed by atoms with Crippen molar-refractivity contribution in [3.8, 4) is 5.75 Å². The lowest BCUT2D eigenvalue weighted by Crippen LogP contribution is -2.17. The van der Waals surface area contributed by atoms with Crippen LogP contribution in [0.25, 0.3) is 0 Å². The lowest BCUT2D eigenvalue weighted by atomic mass is 10.2. The van der Waals surface area contributed by atoms with Crippen molar-refractivity contribution in [3.05, 3.63) is 75.2 Å². The number of nitrogens with one attached hydrogen (secondary N) is 1. The van der Waals surface area contributed by atoms with Gasteiger partial charge < -0.3 is 4.74 Å². The van der Waals surface area contributed by atoms with Gasteiger partial charge in [-0.05, 0) is 61.7 Å². The molecule has 0 aliphatic carbocycles. The van der Waals surface area contributed by atoms with Crippen molar-refractivity contribution in [3.63, 3.8) is 0 Å². The molecular weight excluding hydrogens is 424 g/mol. The Morgan fingerprint density at radius 1 is 1.22 bits per heavy atom. The average Bonchev–Trinajstić information content (AvgIpc) is 2.55. The number of hydrogen-bond acceptors (Lipinski definition) is 3. The molecule has 1 amide bonds. The molecule has 0 radical (unpaired) electrons. The Bertz CT molecular complexity index is 708. The van der Waals surface area contributed by atoms with Crippen LogP contribution in [0.2, 0.25) is 0 Å². The van der Waals surface area contributed by atoms with Crippen LogP contribution in [0, 0.1) is 0 Å². The molecule has 0 spiro atoms. The number of rotatable bonds is 6. The third kappa shape index (κ3) is 5.04. The number of hydrazone groups is 1. The quantitative estimate of drug-likeness (QED) is 0.409. The highest BCUT2D eigenvalue weighted by Crippen LogP contribution is 2.34. The van der Waals surface area contributed by atoms with Gasteiger partial charge in [-0.2, -0.15) is 5.10 Å². The molecule has 118 valence electrons. The highest BCUT2D eigenvalue weighted by molar-refractivity contribution is 9.11. The first-order chi connectivity index (χ1) is 11.1. The second kappa shape index (κ2) is 8.64. The van der Waals surface area contributed by atoms with Gasteiger partial charge in [0.1, 0.15) is 12.4 Å². The molecule has 0 saturated carbocycles.